The van der Waals surface area contributed by atoms with Gasteiger partial charge in [0.2, 0.25) is 5.60 Å². The smallest absolute Gasteiger partial charge is 0.348 e. The van der Waals surface area contributed by atoms with Gasteiger partial charge in [0.25, 0.3) is 5.91 Å². The molecular formula is C17H18FN3O4. The highest BCUT2D eigenvalue weighted by molar-refractivity contribution is 5.94. The lowest BCUT2D eigenvalue weighted by Crippen LogP contribution is -2.54. The summed E-state index contributed by atoms with van der Waals surface area (Å²) >= 11 is 0. The van der Waals surface area contributed by atoms with Gasteiger partial charge in [0.1, 0.15) is 11.6 Å². The fraction of sp³-hybridized carbons (Fsp3) is 0.353. The summed E-state index contributed by atoms with van der Waals surface area (Å²) in [7, 11) is 1.72. The van der Waals surface area contributed by atoms with Crippen LogP contribution < -0.4 is 4.74 Å². The molecule has 0 unspecified atom stereocenters. The SMILES string of the molecule is Cn1cc(C(=O)N2CCC(Oc3ccc(F)cc3)(C(=O)O)CC2)cn1. The van der Waals surface area contributed by atoms with Crippen molar-refractivity contribution < 1.29 is 23.8 Å². The van der Waals surface area contributed by atoms with Crippen LogP contribution in [0, 0.1) is 5.82 Å². The first-order valence-corrected chi connectivity index (χ1v) is 7.85. The maximum absolute atomic E-state index is 13.0. The molecule has 0 aliphatic carbocycles. The van der Waals surface area contributed by atoms with Gasteiger partial charge >= 0.3 is 5.97 Å². The number of carbonyl (C=O) groups excluding carboxylic acids is 1. The van der Waals surface area contributed by atoms with Crippen molar-refractivity contribution in [2.24, 2.45) is 7.05 Å². The summed E-state index contributed by atoms with van der Waals surface area (Å²) in [6.07, 6.45) is 3.39. The number of halogens is 1. The lowest BCUT2D eigenvalue weighted by Gasteiger charge is -2.38. The summed E-state index contributed by atoms with van der Waals surface area (Å²) < 4.78 is 20.2. The molecule has 2 heterocycles. The van der Waals surface area contributed by atoms with E-state index >= 15 is 0 Å². The Balaban J connectivity index is 1.71. The molecule has 2 aromatic rings. The Hall–Kier alpha value is -2.90. The number of rotatable bonds is 4. The Bertz CT molecular complexity index is 779. The van der Waals surface area contributed by atoms with Gasteiger partial charge in [-0.05, 0) is 24.3 Å². The van der Waals surface area contributed by atoms with E-state index in [4.69, 9.17) is 4.74 Å². The van der Waals surface area contributed by atoms with Gasteiger partial charge in [-0.25, -0.2) is 9.18 Å². The fourth-order valence-corrected chi connectivity index (χ4v) is 2.87. The maximum Gasteiger partial charge on any atom is 0.348 e. The number of hydrogen-bond acceptors (Lipinski definition) is 4. The lowest BCUT2D eigenvalue weighted by molar-refractivity contribution is -0.159. The third kappa shape index (κ3) is 3.47. The normalized spacial score (nSPS) is 16.5. The zero-order chi connectivity index (χ0) is 18.0. The second-order valence-electron chi connectivity index (χ2n) is 6.05. The van der Waals surface area contributed by atoms with Crippen LogP contribution in [0.5, 0.6) is 5.75 Å². The molecule has 0 radical (unpaired) electrons. The zero-order valence-electron chi connectivity index (χ0n) is 13.7. The molecule has 0 spiro atoms. The maximum atomic E-state index is 13.0. The highest BCUT2D eigenvalue weighted by atomic mass is 19.1. The van der Waals surface area contributed by atoms with Gasteiger partial charge in [0.15, 0.2) is 0 Å². The number of carbonyl (C=O) groups is 2. The molecule has 1 N–H and O–H groups in total. The molecule has 25 heavy (non-hydrogen) atoms. The molecule has 8 heteroatoms. The molecule has 1 aromatic heterocycles. The van der Waals surface area contributed by atoms with Crippen LogP contribution >= 0.6 is 0 Å². The van der Waals surface area contributed by atoms with Gasteiger partial charge in [0.05, 0.1) is 11.8 Å². The standard InChI is InChI=1S/C17H18FN3O4/c1-20-11-12(10-19-20)15(22)21-8-6-17(7-9-21,16(23)24)25-14-4-2-13(18)3-5-14/h2-5,10-11H,6-9H2,1H3,(H,23,24). The van der Waals surface area contributed by atoms with Crippen molar-refractivity contribution in [3.8, 4) is 5.75 Å². The first-order valence-electron chi connectivity index (χ1n) is 7.85. The molecule has 0 saturated carbocycles. The zero-order valence-corrected chi connectivity index (χ0v) is 13.7. The fourth-order valence-electron chi connectivity index (χ4n) is 2.87. The van der Waals surface area contributed by atoms with Crippen LogP contribution in [0.3, 0.4) is 0 Å². The minimum atomic E-state index is -1.43. The average Bonchev–Trinajstić information content (AvgIpc) is 3.03. The van der Waals surface area contributed by atoms with Crippen molar-refractivity contribution >= 4 is 11.9 Å². The van der Waals surface area contributed by atoms with Gasteiger partial charge in [0, 0.05) is 39.2 Å². The summed E-state index contributed by atoms with van der Waals surface area (Å²) in [4.78, 5) is 25.8. The summed E-state index contributed by atoms with van der Waals surface area (Å²) in [5.74, 6) is -1.41. The van der Waals surface area contributed by atoms with E-state index in [0.29, 0.717) is 5.56 Å². The summed E-state index contributed by atoms with van der Waals surface area (Å²) in [6, 6.07) is 5.22. The number of carboxylic acid groups (broad SMARTS) is 1. The van der Waals surface area contributed by atoms with E-state index in [0.717, 1.165) is 0 Å². The lowest BCUT2D eigenvalue weighted by atomic mass is 9.90. The monoisotopic (exact) mass is 347 g/mol. The van der Waals surface area contributed by atoms with E-state index in [1.807, 2.05) is 0 Å². The first kappa shape index (κ1) is 16.9. The van der Waals surface area contributed by atoms with Crippen LogP contribution in [0.15, 0.2) is 36.7 Å². The molecule has 1 saturated heterocycles. The van der Waals surface area contributed by atoms with Gasteiger partial charge in [-0.3, -0.25) is 9.48 Å². The first-order chi connectivity index (χ1) is 11.9. The van der Waals surface area contributed by atoms with E-state index in [1.54, 1.807) is 18.1 Å². The third-order valence-electron chi connectivity index (χ3n) is 4.33. The van der Waals surface area contributed by atoms with E-state index in [9.17, 15) is 19.1 Å². The minimum absolute atomic E-state index is 0.145. The van der Waals surface area contributed by atoms with E-state index in [-0.39, 0.29) is 37.6 Å². The number of carboxylic acids is 1. The van der Waals surface area contributed by atoms with E-state index in [2.05, 4.69) is 5.10 Å². The van der Waals surface area contributed by atoms with Gasteiger partial charge < -0.3 is 14.7 Å². The van der Waals surface area contributed by atoms with Crippen LogP contribution in [0.1, 0.15) is 23.2 Å². The van der Waals surface area contributed by atoms with Crippen molar-refractivity contribution in [1.29, 1.82) is 0 Å². The second-order valence-corrected chi connectivity index (χ2v) is 6.05. The Kier molecular flexibility index (Phi) is 4.43. The molecule has 1 aliphatic rings. The number of piperidine rings is 1. The van der Waals surface area contributed by atoms with Gasteiger partial charge in [-0.15, -0.1) is 0 Å². The van der Waals surface area contributed by atoms with E-state index < -0.39 is 17.4 Å². The number of aliphatic carboxylic acids is 1. The predicted octanol–water partition coefficient (Wildman–Crippen LogP) is 1.70. The van der Waals surface area contributed by atoms with Crippen molar-refractivity contribution in [2.45, 2.75) is 18.4 Å². The number of nitrogens with zero attached hydrogens (tertiary/aromatic N) is 3. The largest absolute Gasteiger partial charge is 0.478 e. The number of benzene rings is 1. The number of aryl methyl sites for hydroxylation is 1. The molecule has 0 atom stereocenters. The third-order valence-corrected chi connectivity index (χ3v) is 4.33. The number of amides is 1. The predicted molar refractivity (Wildman–Crippen MR) is 85.7 cm³/mol. The summed E-state index contributed by atoms with van der Waals surface area (Å²) in [6.45, 7) is 0.502. The molecule has 0 bridgehead atoms. The molecule has 1 aromatic carbocycles. The minimum Gasteiger partial charge on any atom is -0.478 e. The van der Waals surface area contributed by atoms with Crippen molar-refractivity contribution in [1.82, 2.24) is 14.7 Å². The summed E-state index contributed by atoms with van der Waals surface area (Å²) in [5.41, 5.74) is -0.964. The van der Waals surface area contributed by atoms with Gasteiger partial charge in [-0.2, -0.15) is 5.10 Å². The molecule has 7 nitrogen and oxygen atoms in total. The Morgan fingerprint density at radius 1 is 1.24 bits per heavy atom. The Morgan fingerprint density at radius 2 is 1.88 bits per heavy atom. The van der Waals surface area contributed by atoms with Gasteiger partial charge in [-0.1, -0.05) is 0 Å². The van der Waals surface area contributed by atoms with Crippen molar-refractivity contribution in [3.63, 3.8) is 0 Å². The molecule has 3 rings (SSSR count). The number of aromatic nitrogens is 2. The molecule has 132 valence electrons. The summed E-state index contributed by atoms with van der Waals surface area (Å²) in [5, 5.41) is 13.6. The molecular weight excluding hydrogens is 329 g/mol. The van der Waals surface area contributed by atoms with Crippen LogP contribution in [-0.2, 0) is 11.8 Å². The van der Waals surface area contributed by atoms with Crippen molar-refractivity contribution in [3.05, 3.63) is 48.0 Å². The highest BCUT2D eigenvalue weighted by Crippen LogP contribution is 2.30. The Labute approximate surface area is 143 Å². The quantitative estimate of drug-likeness (QED) is 0.910. The molecule has 1 amide bonds. The van der Waals surface area contributed by atoms with Crippen molar-refractivity contribution in [2.75, 3.05) is 13.1 Å². The molecule has 1 aliphatic heterocycles. The van der Waals surface area contributed by atoms with Crippen LogP contribution in [0.2, 0.25) is 0 Å². The van der Waals surface area contributed by atoms with Crippen LogP contribution in [0.25, 0.3) is 0 Å². The number of ether oxygens (including phenoxy) is 1. The van der Waals surface area contributed by atoms with Crippen LogP contribution in [-0.4, -0.2) is 50.4 Å². The Morgan fingerprint density at radius 3 is 2.40 bits per heavy atom. The number of hydrogen-bond donors (Lipinski definition) is 1. The average molecular weight is 347 g/mol. The number of likely N-dealkylation sites (tertiary alicyclic amines) is 1. The second kappa shape index (κ2) is 6.54. The van der Waals surface area contributed by atoms with E-state index in [1.165, 1.54) is 35.1 Å². The topological polar surface area (TPSA) is 84.7 Å². The van der Waals surface area contributed by atoms with Crippen LogP contribution in [0.4, 0.5) is 4.39 Å². The highest BCUT2D eigenvalue weighted by Gasteiger charge is 2.45. The molecule has 1 fully saturated rings.